The van der Waals surface area contributed by atoms with Crippen molar-refractivity contribution in [3.8, 4) is 0 Å². The summed E-state index contributed by atoms with van der Waals surface area (Å²) in [4.78, 5) is 11.5. The molecule has 0 heterocycles. The second kappa shape index (κ2) is 21.3. The molecule has 0 fully saturated rings. The van der Waals surface area contributed by atoms with Gasteiger partial charge in [0.25, 0.3) is 0 Å². The average Bonchev–Trinajstić information content (AvgIpc) is 2.62. The lowest BCUT2D eigenvalue weighted by atomic mass is 10.4. The molecule has 25 heavy (non-hydrogen) atoms. The van der Waals surface area contributed by atoms with E-state index >= 15 is 0 Å². The molecule has 0 aromatic carbocycles. The van der Waals surface area contributed by atoms with Crippen LogP contribution in [0.5, 0.6) is 0 Å². The Balaban J connectivity index is 0. The molecule has 7 nitrogen and oxygen atoms in total. The Kier molecular flexibility index (Phi) is 20.7. The molecule has 0 spiro atoms. The third-order valence-electron chi connectivity index (χ3n) is 3.15. The molecule has 0 saturated carbocycles. The van der Waals surface area contributed by atoms with Crippen molar-refractivity contribution in [3.05, 3.63) is 0 Å². The predicted octanol–water partition coefficient (Wildman–Crippen LogP) is 2.03. The fourth-order valence-corrected chi connectivity index (χ4v) is 1.77. The molecule has 1 N–H and O–H groups in total. The summed E-state index contributed by atoms with van der Waals surface area (Å²) in [5.41, 5.74) is 0. The molecule has 0 aliphatic heterocycles. The molecule has 0 rings (SSSR count). The van der Waals surface area contributed by atoms with Crippen LogP contribution in [0.3, 0.4) is 0 Å². The van der Waals surface area contributed by atoms with Gasteiger partial charge in [0.2, 0.25) is 5.91 Å². The van der Waals surface area contributed by atoms with Crippen molar-refractivity contribution in [2.45, 2.75) is 39.5 Å². The monoisotopic (exact) mass is 365 g/mol. The summed E-state index contributed by atoms with van der Waals surface area (Å²) < 4.78 is 26.7. The van der Waals surface area contributed by atoms with E-state index in [1.165, 1.54) is 0 Å². The minimum absolute atomic E-state index is 0. The van der Waals surface area contributed by atoms with Crippen molar-refractivity contribution < 1.29 is 29.9 Å². The highest BCUT2D eigenvalue weighted by atomic mass is 16.5. The van der Waals surface area contributed by atoms with Crippen LogP contribution in [0.2, 0.25) is 0 Å². The summed E-state index contributed by atoms with van der Waals surface area (Å²) in [5, 5.41) is 2.79. The number of unbranched alkanes of at least 4 members (excludes halogenated alkanes) is 1. The van der Waals surface area contributed by atoms with Crippen LogP contribution in [0.4, 0.5) is 0 Å². The summed E-state index contributed by atoms with van der Waals surface area (Å²) in [7, 11) is 0. The van der Waals surface area contributed by atoms with Gasteiger partial charge in [0.1, 0.15) is 0 Å². The van der Waals surface area contributed by atoms with Crippen molar-refractivity contribution >= 4 is 5.91 Å². The zero-order valence-electron chi connectivity index (χ0n) is 16.1. The van der Waals surface area contributed by atoms with Crippen molar-refractivity contribution in [2.24, 2.45) is 0 Å². The minimum Gasteiger partial charge on any atom is -0.379 e. The van der Waals surface area contributed by atoms with Crippen molar-refractivity contribution in [1.29, 1.82) is 0 Å². The number of nitrogens with one attached hydrogen (secondary N) is 1. The number of rotatable bonds is 20. The van der Waals surface area contributed by atoms with Crippen LogP contribution >= 0.6 is 0 Å². The standard InChI is InChI=1S/C18H37NO6.H2/c1-3-5-9-22-13-16-25-17-15-24-11-7-19-18(20)6-10-23-14-12-21-8-4-2;/h3-17H2,1-2H3,(H,19,20);1H. The fraction of sp³-hybridized carbons (Fsp3) is 0.944. The maximum Gasteiger partial charge on any atom is 0.222 e. The lowest BCUT2D eigenvalue weighted by Crippen LogP contribution is -2.28. The molecule has 0 aromatic rings. The van der Waals surface area contributed by atoms with Gasteiger partial charge in [-0.3, -0.25) is 4.79 Å². The molecule has 0 aliphatic carbocycles. The Bertz CT molecular complexity index is 284. The van der Waals surface area contributed by atoms with E-state index in [4.69, 9.17) is 23.7 Å². The molecule has 0 aliphatic rings. The highest BCUT2D eigenvalue weighted by Gasteiger charge is 2.00. The topological polar surface area (TPSA) is 75.2 Å². The average molecular weight is 366 g/mol. The number of hydrogen-bond acceptors (Lipinski definition) is 6. The first-order valence-corrected chi connectivity index (χ1v) is 9.46. The molecule has 0 bridgehead atoms. The second-order valence-corrected chi connectivity index (χ2v) is 5.52. The number of carbonyl (C=O) groups is 1. The van der Waals surface area contributed by atoms with Gasteiger partial charge in [0.05, 0.1) is 52.9 Å². The van der Waals surface area contributed by atoms with E-state index in [9.17, 15) is 4.79 Å². The van der Waals surface area contributed by atoms with Gasteiger partial charge in [-0.2, -0.15) is 0 Å². The molecule has 0 aromatic heterocycles. The Labute approximate surface area is 154 Å². The Morgan fingerprint density at radius 3 is 1.80 bits per heavy atom. The van der Waals surface area contributed by atoms with Crippen LogP contribution in [0.25, 0.3) is 0 Å². The number of amides is 1. The van der Waals surface area contributed by atoms with Gasteiger partial charge < -0.3 is 29.0 Å². The molecule has 0 atom stereocenters. The maximum absolute atomic E-state index is 11.5. The van der Waals surface area contributed by atoms with Gasteiger partial charge in [-0.25, -0.2) is 0 Å². The maximum atomic E-state index is 11.5. The van der Waals surface area contributed by atoms with Gasteiger partial charge in [0.15, 0.2) is 0 Å². The van der Waals surface area contributed by atoms with E-state index in [-0.39, 0.29) is 7.33 Å². The first-order valence-electron chi connectivity index (χ1n) is 9.46. The summed E-state index contributed by atoms with van der Waals surface area (Å²) >= 11 is 0. The van der Waals surface area contributed by atoms with E-state index in [1.807, 2.05) is 0 Å². The fourth-order valence-electron chi connectivity index (χ4n) is 1.77. The number of ether oxygens (including phenoxy) is 5. The summed E-state index contributed by atoms with van der Waals surface area (Å²) in [6, 6.07) is 0. The Morgan fingerprint density at radius 1 is 0.680 bits per heavy atom. The van der Waals surface area contributed by atoms with Crippen LogP contribution in [-0.2, 0) is 28.5 Å². The van der Waals surface area contributed by atoms with Crippen LogP contribution in [0.15, 0.2) is 0 Å². The largest absolute Gasteiger partial charge is 0.379 e. The summed E-state index contributed by atoms with van der Waals surface area (Å²) in [5.74, 6) is -0.0291. The third-order valence-corrected chi connectivity index (χ3v) is 3.15. The molecule has 152 valence electrons. The van der Waals surface area contributed by atoms with E-state index in [0.29, 0.717) is 65.8 Å². The zero-order chi connectivity index (χ0) is 18.4. The first-order chi connectivity index (χ1) is 12.3. The van der Waals surface area contributed by atoms with Gasteiger partial charge in [-0.1, -0.05) is 20.3 Å². The van der Waals surface area contributed by atoms with E-state index < -0.39 is 0 Å². The lowest BCUT2D eigenvalue weighted by molar-refractivity contribution is -0.122. The zero-order valence-corrected chi connectivity index (χ0v) is 16.1. The van der Waals surface area contributed by atoms with Crippen LogP contribution in [-0.4, -0.2) is 78.5 Å². The van der Waals surface area contributed by atoms with Gasteiger partial charge >= 0.3 is 0 Å². The number of carbonyl (C=O) groups excluding carboxylic acids is 1. The molecule has 7 heteroatoms. The Morgan fingerprint density at radius 2 is 1.20 bits per heavy atom. The smallest absolute Gasteiger partial charge is 0.222 e. The van der Waals surface area contributed by atoms with Crippen molar-refractivity contribution in [1.82, 2.24) is 5.32 Å². The normalized spacial score (nSPS) is 11.0. The lowest BCUT2D eigenvalue weighted by Gasteiger charge is -2.08. The van der Waals surface area contributed by atoms with Crippen LogP contribution in [0.1, 0.15) is 41.0 Å². The SMILES string of the molecule is CCCCOCCOCCOCCNC(=O)CCOCCOCCC.[HH]. The van der Waals surface area contributed by atoms with Crippen molar-refractivity contribution in [3.63, 3.8) is 0 Å². The minimum atomic E-state index is -0.0291. The molecule has 0 saturated heterocycles. The molecule has 1 amide bonds. The van der Waals surface area contributed by atoms with E-state index in [1.54, 1.807) is 0 Å². The van der Waals surface area contributed by atoms with Gasteiger partial charge in [-0.15, -0.1) is 0 Å². The second-order valence-electron chi connectivity index (χ2n) is 5.52. The Hall–Kier alpha value is -0.730. The third kappa shape index (κ3) is 21.2. The predicted molar refractivity (Wildman–Crippen MR) is 99.0 cm³/mol. The van der Waals surface area contributed by atoms with Crippen LogP contribution < -0.4 is 5.32 Å². The first kappa shape index (κ1) is 24.3. The van der Waals surface area contributed by atoms with Gasteiger partial charge in [-0.05, 0) is 12.8 Å². The summed E-state index contributed by atoms with van der Waals surface area (Å²) in [6.45, 7) is 10.5. The van der Waals surface area contributed by atoms with E-state index in [2.05, 4.69) is 19.2 Å². The summed E-state index contributed by atoms with van der Waals surface area (Å²) in [6.07, 6.45) is 3.60. The highest BCUT2D eigenvalue weighted by Crippen LogP contribution is 1.88. The molecular formula is C18H39NO6. The molecular weight excluding hydrogens is 326 g/mol. The molecule has 0 radical (unpaired) electrons. The quantitative estimate of drug-likeness (QED) is 0.333. The molecule has 0 unspecified atom stereocenters. The highest BCUT2D eigenvalue weighted by molar-refractivity contribution is 5.75. The van der Waals surface area contributed by atoms with Crippen molar-refractivity contribution in [2.75, 3.05) is 72.6 Å². The van der Waals surface area contributed by atoms with E-state index in [0.717, 1.165) is 32.5 Å². The number of hydrogen-bond donors (Lipinski definition) is 1. The van der Waals surface area contributed by atoms with Crippen LogP contribution in [0, 0.1) is 0 Å². The van der Waals surface area contributed by atoms with Gasteiger partial charge in [0, 0.05) is 27.6 Å².